The number of methoxy groups -OCH3 is 1. The Bertz CT molecular complexity index is 722. The normalized spacial score (nSPS) is 17.9. The summed E-state index contributed by atoms with van der Waals surface area (Å²) in [5.74, 6) is 1.54. The number of hydrogen-bond donors (Lipinski definition) is 0. The fourth-order valence-corrected chi connectivity index (χ4v) is 3.86. The molecule has 1 aromatic rings. The van der Waals surface area contributed by atoms with Crippen LogP contribution in [0.5, 0.6) is 5.75 Å². The van der Waals surface area contributed by atoms with Crippen LogP contribution in [-0.4, -0.2) is 79.4 Å². The van der Waals surface area contributed by atoms with Gasteiger partial charge < -0.3 is 14.5 Å². The Morgan fingerprint density at radius 1 is 1.17 bits per heavy atom. The van der Waals surface area contributed by atoms with Gasteiger partial charge in [0.05, 0.1) is 7.11 Å². The van der Waals surface area contributed by atoms with Gasteiger partial charge in [-0.25, -0.2) is 0 Å². The van der Waals surface area contributed by atoms with Crippen LogP contribution in [0.2, 0.25) is 0 Å². The van der Waals surface area contributed by atoms with Gasteiger partial charge in [-0.15, -0.1) is 0 Å². The number of hydrogen-bond acceptors (Lipinski definition) is 4. The third-order valence-electron chi connectivity index (χ3n) is 6.03. The van der Waals surface area contributed by atoms with Gasteiger partial charge in [0.1, 0.15) is 5.75 Å². The molecule has 0 radical (unpaired) electrons. The van der Waals surface area contributed by atoms with E-state index in [1.54, 1.807) is 14.0 Å². The number of amides is 2. The summed E-state index contributed by atoms with van der Waals surface area (Å²) in [5.41, 5.74) is 1.01. The Morgan fingerprint density at radius 3 is 2.52 bits per heavy atom. The van der Waals surface area contributed by atoms with E-state index in [1.165, 1.54) is 6.42 Å². The van der Waals surface area contributed by atoms with Crippen LogP contribution in [0.3, 0.4) is 0 Å². The molecule has 1 aromatic carbocycles. The molecular weight excluding hydrogens is 366 g/mol. The van der Waals surface area contributed by atoms with E-state index >= 15 is 0 Å². The molecule has 0 unspecified atom stereocenters. The lowest BCUT2D eigenvalue weighted by Crippen LogP contribution is -2.52. The number of piperazine rings is 1. The number of nitrogens with zero attached hydrogens (tertiary/aromatic N) is 3. The summed E-state index contributed by atoms with van der Waals surface area (Å²) in [7, 11) is 1.66. The van der Waals surface area contributed by atoms with Crippen molar-refractivity contribution >= 4 is 17.9 Å². The van der Waals surface area contributed by atoms with E-state index in [-0.39, 0.29) is 11.8 Å². The molecule has 1 aliphatic heterocycles. The minimum atomic E-state index is 0.0773. The van der Waals surface area contributed by atoms with Gasteiger partial charge >= 0.3 is 0 Å². The molecule has 6 nitrogen and oxygen atoms in total. The number of rotatable bonds is 8. The third kappa shape index (κ3) is 5.82. The molecule has 2 fully saturated rings. The zero-order chi connectivity index (χ0) is 20.6. The maximum Gasteiger partial charge on any atom is 0.225 e. The highest BCUT2D eigenvalue weighted by Crippen LogP contribution is 2.28. The van der Waals surface area contributed by atoms with Gasteiger partial charge in [-0.2, -0.15) is 0 Å². The van der Waals surface area contributed by atoms with Crippen LogP contribution in [0, 0.1) is 5.92 Å². The van der Waals surface area contributed by atoms with Crippen molar-refractivity contribution in [2.75, 3.05) is 52.9 Å². The first kappa shape index (κ1) is 21.4. The first-order chi connectivity index (χ1) is 14.1. The summed E-state index contributed by atoms with van der Waals surface area (Å²) in [5, 5.41) is 0. The standard InChI is InChI=1S/C23H33N3O3/c1-19(27)25(12-6-10-20-7-3-4-11-22(20)29-2)16-13-24-14-17-26(18-15-24)23(28)21-8-5-9-21/h3-4,6-7,10-11,21H,5,8-9,12-18H2,1-2H3/b10-6+. The topological polar surface area (TPSA) is 53.1 Å². The van der Waals surface area contributed by atoms with E-state index < -0.39 is 0 Å². The first-order valence-electron chi connectivity index (χ1n) is 10.6. The molecule has 0 bridgehead atoms. The Kier molecular flexibility index (Phi) is 7.69. The maximum atomic E-state index is 12.4. The Balaban J connectivity index is 1.43. The van der Waals surface area contributed by atoms with Crippen LogP contribution in [0.4, 0.5) is 0 Å². The fraction of sp³-hybridized carbons (Fsp3) is 0.565. The average molecular weight is 400 g/mol. The lowest BCUT2D eigenvalue weighted by Gasteiger charge is -2.38. The Hall–Kier alpha value is -2.34. The van der Waals surface area contributed by atoms with Crippen LogP contribution in [0.15, 0.2) is 30.3 Å². The van der Waals surface area contributed by atoms with Gasteiger partial charge in [-0.3, -0.25) is 14.5 Å². The first-order valence-corrected chi connectivity index (χ1v) is 10.6. The minimum Gasteiger partial charge on any atom is -0.496 e. The lowest BCUT2D eigenvalue weighted by molar-refractivity contribution is -0.139. The van der Waals surface area contributed by atoms with Crippen molar-refractivity contribution in [1.82, 2.24) is 14.7 Å². The van der Waals surface area contributed by atoms with Crippen LogP contribution in [-0.2, 0) is 9.59 Å². The molecule has 29 heavy (non-hydrogen) atoms. The molecule has 6 heteroatoms. The number of carbonyl (C=O) groups excluding carboxylic acids is 2. The predicted octanol–water partition coefficient (Wildman–Crippen LogP) is 2.50. The van der Waals surface area contributed by atoms with Crippen molar-refractivity contribution in [2.24, 2.45) is 5.92 Å². The van der Waals surface area contributed by atoms with Crippen molar-refractivity contribution in [2.45, 2.75) is 26.2 Å². The second-order valence-electron chi connectivity index (χ2n) is 7.90. The largest absolute Gasteiger partial charge is 0.496 e. The van der Waals surface area contributed by atoms with E-state index in [4.69, 9.17) is 4.74 Å². The van der Waals surface area contributed by atoms with Crippen molar-refractivity contribution in [1.29, 1.82) is 0 Å². The van der Waals surface area contributed by atoms with Gasteiger partial charge in [0, 0.05) is 64.2 Å². The molecule has 1 saturated heterocycles. The van der Waals surface area contributed by atoms with Crippen LogP contribution in [0.1, 0.15) is 31.7 Å². The zero-order valence-corrected chi connectivity index (χ0v) is 17.7. The highest BCUT2D eigenvalue weighted by atomic mass is 16.5. The lowest BCUT2D eigenvalue weighted by atomic mass is 9.84. The van der Waals surface area contributed by atoms with Crippen molar-refractivity contribution in [3.63, 3.8) is 0 Å². The summed E-state index contributed by atoms with van der Waals surface area (Å²) in [6.07, 6.45) is 7.33. The number of ether oxygens (including phenoxy) is 1. The van der Waals surface area contributed by atoms with Crippen molar-refractivity contribution < 1.29 is 14.3 Å². The summed E-state index contributed by atoms with van der Waals surface area (Å²) in [4.78, 5) is 30.6. The maximum absolute atomic E-state index is 12.4. The second kappa shape index (κ2) is 10.4. The fourth-order valence-electron chi connectivity index (χ4n) is 3.86. The molecule has 0 aromatic heterocycles. The monoisotopic (exact) mass is 399 g/mol. The summed E-state index contributed by atoms with van der Waals surface area (Å²) >= 11 is 0. The van der Waals surface area contributed by atoms with Crippen LogP contribution >= 0.6 is 0 Å². The van der Waals surface area contributed by atoms with Crippen LogP contribution in [0.25, 0.3) is 6.08 Å². The molecule has 0 spiro atoms. The number of carbonyl (C=O) groups is 2. The highest BCUT2D eigenvalue weighted by Gasteiger charge is 2.31. The average Bonchev–Trinajstić information content (AvgIpc) is 2.69. The van der Waals surface area contributed by atoms with E-state index in [0.29, 0.717) is 19.0 Å². The van der Waals surface area contributed by atoms with E-state index in [1.807, 2.05) is 46.2 Å². The number of benzene rings is 1. The second-order valence-corrected chi connectivity index (χ2v) is 7.90. The van der Waals surface area contributed by atoms with E-state index in [2.05, 4.69) is 4.90 Å². The molecule has 1 aliphatic carbocycles. The molecule has 2 aliphatic rings. The Labute approximate surface area is 174 Å². The van der Waals surface area contributed by atoms with E-state index in [9.17, 15) is 9.59 Å². The number of para-hydroxylation sites is 1. The van der Waals surface area contributed by atoms with E-state index in [0.717, 1.165) is 56.9 Å². The molecule has 0 atom stereocenters. The van der Waals surface area contributed by atoms with Gasteiger partial charge in [0.15, 0.2) is 0 Å². The van der Waals surface area contributed by atoms with Gasteiger partial charge in [-0.1, -0.05) is 36.8 Å². The zero-order valence-electron chi connectivity index (χ0n) is 17.7. The quantitative estimate of drug-likeness (QED) is 0.674. The molecule has 158 valence electrons. The molecular formula is C23H33N3O3. The molecule has 0 N–H and O–H groups in total. The van der Waals surface area contributed by atoms with Gasteiger partial charge in [0.2, 0.25) is 11.8 Å². The van der Waals surface area contributed by atoms with Gasteiger partial charge in [0.25, 0.3) is 0 Å². The van der Waals surface area contributed by atoms with Crippen LogP contribution < -0.4 is 4.74 Å². The molecule has 2 amide bonds. The third-order valence-corrected chi connectivity index (χ3v) is 6.03. The molecule has 3 rings (SSSR count). The Morgan fingerprint density at radius 2 is 1.90 bits per heavy atom. The molecule has 1 saturated carbocycles. The van der Waals surface area contributed by atoms with Crippen molar-refractivity contribution in [3.8, 4) is 5.75 Å². The SMILES string of the molecule is COc1ccccc1/C=C/CN(CCN1CCN(C(=O)C2CCC2)CC1)C(C)=O. The summed E-state index contributed by atoms with van der Waals surface area (Å²) in [6, 6.07) is 7.84. The highest BCUT2D eigenvalue weighted by molar-refractivity contribution is 5.79. The summed E-state index contributed by atoms with van der Waals surface area (Å²) < 4.78 is 5.36. The van der Waals surface area contributed by atoms with Gasteiger partial charge in [-0.05, 0) is 18.9 Å². The summed E-state index contributed by atoms with van der Waals surface area (Å²) in [6.45, 7) is 7.13. The smallest absolute Gasteiger partial charge is 0.225 e. The molecule has 1 heterocycles. The van der Waals surface area contributed by atoms with Crippen molar-refractivity contribution in [3.05, 3.63) is 35.9 Å². The predicted molar refractivity (Wildman–Crippen MR) is 115 cm³/mol. The minimum absolute atomic E-state index is 0.0773.